The molecule has 2 heterocycles. The highest BCUT2D eigenvalue weighted by atomic mass is 79.9. The molecule has 0 aliphatic carbocycles. The van der Waals surface area contributed by atoms with E-state index in [0.717, 1.165) is 15.8 Å². The number of hydrogen-bond acceptors (Lipinski definition) is 4. The Morgan fingerprint density at radius 3 is 2.64 bits per heavy atom. The third kappa shape index (κ3) is 4.20. The number of nitrogens with zero attached hydrogens (tertiary/aromatic N) is 1. The predicted molar refractivity (Wildman–Crippen MR) is 119 cm³/mol. The van der Waals surface area contributed by atoms with E-state index in [9.17, 15) is 4.79 Å². The van der Waals surface area contributed by atoms with Crippen LogP contribution in [-0.4, -0.2) is 11.1 Å². The zero-order valence-corrected chi connectivity index (χ0v) is 18.0. The maximum absolute atomic E-state index is 12.3. The number of rotatable bonds is 3. The molecular formula is C20H11BrCl2N2O2S. The van der Waals surface area contributed by atoms with Crippen LogP contribution in [0.15, 0.2) is 73.4 Å². The van der Waals surface area contributed by atoms with Gasteiger partial charge >= 0.3 is 0 Å². The molecule has 0 saturated carbocycles. The Bertz CT molecular complexity index is 1120. The van der Waals surface area contributed by atoms with Crippen molar-refractivity contribution in [3.63, 3.8) is 0 Å². The summed E-state index contributed by atoms with van der Waals surface area (Å²) in [6.07, 6.45) is 1.68. The predicted octanol–water partition coefficient (Wildman–Crippen LogP) is 6.91. The fraction of sp³-hybridized carbons (Fsp3) is 0. The van der Waals surface area contributed by atoms with Crippen molar-refractivity contribution in [3.05, 3.63) is 79.8 Å². The standard InChI is InChI=1S/C20H11BrCl2N2O2S/c21-12-6-4-11(5-7-12)16-9-8-13(27-16)10-17-19(26)25-20(28-17)24-15-3-1-2-14(22)18(15)23/h1-10H,(H,24,25,26). The highest BCUT2D eigenvalue weighted by Gasteiger charge is 2.24. The van der Waals surface area contributed by atoms with Crippen molar-refractivity contribution in [3.8, 4) is 11.3 Å². The molecule has 0 unspecified atom stereocenters. The Kier molecular flexibility index (Phi) is 5.64. The summed E-state index contributed by atoms with van der Waals surface area (Å²) >= 11 is 16.8. The molecule has 0 atom stereocenters. The number of amidine groups is 1. The van der Waals surface area contributed by atoms with E-state index in [2.05, 4.69) is 26.2 Å². The van der Waals surface area contributed by atoms with Crippen molar-refractivity contribution >= 4 is 73.7 Å². The summed E-state index contributed by atoms with van der Waals surface area (Å²) in [5, 5.41) is 3.90. The third-order valence-electron chi connectivity index (χ3n) is 3.83. The number of aliphatic imine (C=N–C) groups is 1. The molecule has 1 saturated heterocycles. The zero-order valence-electron chi connectivity index (χ0n) is 14.1. The minimum absolute atomic E-state index is 0.247. The Labute approximate surface area is 183 Å². The van der Waals surface area contributed by atoms with Gasteiger partial charge in [-0.25, -0.2) is 4.99 Å². The SMILES string of the molecule is O=C1NC(=Nc2cccc(Cl)c2Cl)SC1=Cc1ccc(-c2ccc(Br)cc2)o1. The molecular weight excluding hydrogens is 483 g/mol. The molecule has 1 fully saturated rings. The van der Waals surface area contributed by atoms with Crippen molar-refractivity contribution in [1.82, 2.24) is 5.32 Å². The Hall–Kier alpha value is -1.99. The molecule has 0 bridgehead atoms. The minimum Gasteiger partial charge on any atom is -0.457 e. The van der Waals surface area contributed by atoms with Gasteiger partial charge in [0.25, 0.3) is 5.91 Å². The van der Waals surface area contributed by atoms with E-state index in [4.69, 9.17) is 27.6 Å². The van der Waals surface area contributed by atoms with Crippen LogP contribution in [0.3, 0.4) is 0 Å². The second-order valence-corrected chi connectivity index (χ2v) is 8.50. The van der Waals surface area contributed by atoms with E-state index in [1.807, 2.05) is 36.4 Å². The number of furan rings is 1. The van der Waals surface area contributed by atoms with Gasteiger partial charge in [0.05, 0.1) is 20.6 Å². The highest BCUT2D eigenvalue weighted by Crippen LogP contribution is 2.35. The van der Waals surface area contributed by atoms with Gasteiger partial charge in [-0.1, -0.05) is 57.3 Å². The number of carbonyl (C=O) groups is 1. The number of nitrogens with one attached hydrogen (secondary N) is 1. The molecule has 140 valence electrons. The van der Waals surface area contributed by atoms with Gasteiger partial charge < -0.3 is 9.73 Å². The van der Waals surface area contributed by atoms with Crippen LogP contribution in [0.4, 0.5) is 5.69 Å². The van der Waals surface area contributed by atoms with E-state index in [0.29, 0.717) is 31.6 Å². The molecule has 0 radical (unpaired) electrons. The van der Waals surface area contributed by atoms with E-state index in [-0.39, 0.29) is 5.91 Å². The molecule has 1 aliphatic heterocycles. The van der Waals surface area contributed by atoms with E-state index >= 15 is 0 Å². The Morgan fingerprint density at radius 2 is 1.86 bits per heavy atom. The summed E-state index contributed by atoms with van der Waals surface area (Å²) in [6.45, 7) is 0. The first-order chi connectivity index (χ1) is 13.5. The fourth-order valence-corrected chi connectivity index (χ4v) is 3.91. The first-order valence-electron chi connectivity index (χ1n) is 8.09. The van der Waals surface area contributed by atoms with E-state index < -0.39 is 0 Å². The summed E-state index contributed by atoms with van der Waals surface area (Å²) in [7, 11) is 0. The summed E-state index contributed by atoms with van der Waals surface area (Å²) in [6, 6.07) is 16.6. The van der Waals surface area contributed by atoms with Crippen LogP contribution in [0.5, 0.6) is 0 Å². The number of benzene rings is 2. The molecule has 1 aliphatic rings. The first kappa shape index (κ1) is 19.3. The molecule has 1 aromatic heterocycles. The summed E-state index contributed by atoms with van der Waals surface area (Å²) in [5.41, 5.74) is 1.45. The van der Waals surface area contributed by atoms with Crippen LogP contribution in [0.2, 0.25) is 10.0 Å². The van der Waals surface area contributed by atoms with Gasteiger partial charge in [0.15, 0.2) is 5.17 Å². The minimum atomic E-state index is -0.247. The highest BCUT2D eigenvalue weighted by molar-refractivity contribution is 9.10. The summed E-state index contributed by atoms with van der Waals surface area (Å²) < 4.78 is 6.84. The molecule has 8 heteroatoms. The van der Waals surface area contributed by atoms with Crippen LogP contribution in [0.1, 0.15) is 5.76 Å². The molecule has 3 aromatic rings. The first-order valence-corrected chi connectivity index (χ1v) is 10.5. The fourth-order valence-electron chi connectivity index (χ4n) is 2.50. The summed E-state index contributed by atoms with van der Waals surface area (Å²) in [4.78, 5) is 17.1. The van der Waals surface area contributed by atoms with Crippen molar-refractivity contribution in [2.45, 2.75) is 0 Å². The number of carbonyl (C=O) groups excluding carboxylic acids is 1. The quantitative estimate of drug-likeness (QED) is 0.403. The van der Waals surface area contributed by atoms with Crippen molar-refractivity contribution in [1.29, 1.82) is 0 Å². The average Bonchev–Trinajstić information content (AvgIpc) is 3.27. The van der Waals surface area contributed by atoms with Crippen LogP contribution < -0.4 is 5.32 Å². The van der Waals surface area contributed by atoms with Crippen LogP contribution in [0, 0.1) is 0 Å². The Morgan fingerprint density at radius 1 is 1.07 bits per heavy atom. The summed E-state index contributed by atoms with van der Waals surface area (Å²) in [5.74, 6) is 1.06. The smallest absolute Gasteiger partial charge is 0.264 e. The number of thioether (sulfide) groups is 1. The van der Waals surface area contributed by atoms with E-state index in [1.54, 1.807) is 24.3 Å². The molecule has 1 amide bonds. The van der Waals surface area contributed by atoms with Gasteiger partial charge in [0, 0.05) is 16.1 Å². The lowest BCUT2D eigenvalue weighted by Gasteiger charge is -2.00. The average molecular weight is 494 g/mol. The lowest BCUT2D eigenvalue weighted by atomic mass is 10.2. The van der Waals surface area contributed by atoms with Gasteiger partial charge in [0.1, 0.15) is 11.5 Å². The maximum Gasteiger partial charge on any atom is 0.264 e. The molecule has 4 rings (SSSR count). The zero-order chi connectivity index (χ0) is 19.7. The van der Waals surface area contributed by atoms with Gasteiger partial charge in [0.2, 0.25) is 0 Å². The molecule has 28 heavy (non-hydrogen) atoms. The van der Waals surface area contributed by atoms with Crippen LogP contribution >= 0.6 is 50.9 Å². The second-order valence-electron chi connectivity index (χ2n) is 5.76. The maximum atomic E-state index is 12.3. The Balaban J connectivity index is 1.56. The number of amides is 1. The third-order valence-corrected chi connectivity index (χ3v) is 6.08. The molecule has 1 N–H and O–H groups in total. The van der Waals surface area contributed by atoms with Crippen LogP contribution in [-0.2, 0) is 4.79 Å². The van der Waals surface area contributed by atoms with Gasteiger partial charge in [-0.05, 0) is 48.2 Å². The van der Waals surface area contributed by atoms with Crippen LogP contribution in [0.25, 0.3) is 17.4 Å². The second kappa shape index (κ2) is 8.17. The largest absolute Gasteiger partial charge is 0.457 e. The normalized spacial score (nSPS) is 16.8. The van der Waals surface area contributed by atoms with E-state index in [1.165, 1.54) is 11.8 Å². The van der Waals surface area contributed by atoms with Crippen molar-refractivity contribution in [2.75, 3.05) is 0 Å². The van der Waals surface area contributed by atoms with Gasteiger partial charge in [-0.3, -0.25) is 4.79 Å². The molecule has 4 nitrogen and oxygen atoms in total. The van der Waals surface area contributed by atoms with Gasteiger partial charge in [-0.15, -0.1) is 0 Å². The lowest BCUT2D eigenvalue weighted by molar-refractivity contribution is -0.115. The molecule has 0 spiro atoms. The molecule has 2 aromatic carbocycles. The number of halogens is 3. The van der Waals surface area contributed by atoms with Crippen molar-refractivity contribution in [2.24, 2.45) is 4.99 Å². The monoisotopic (exact) mass is 492 g/mol. The van der Waals surface area contributed by atoms with Crippen molar-refractivity contribution < 1.29 is 9.21 Å². The van der Waals surface area contributed by atoms with Gasteiger partial charge in [-0.2, -0.15) is 0 Å². The topological polar surface area (TPSA) is 54.6 Å². The lowest BCUT2D eigenvalue weighted by Crippen LogP contribution is -2.19. The number of hydrogen-bond donors (Lipinski definition) is 1.